The first-order valence-corrected chi connectivity index (χ1v) is 11.6. The Hall–Kier alpha value is -2.82. The summed E-state index contributed by atoms with van der Waals surface area (Å²) in [5.74, 6) is 1.10. The number of benzene rings is 2. The van der Waals surface area contributed by atoms with Crippen LogP contribution in [0.15, 0.2) is 48.5 Å². The molecule has 2 rings (SSSR count). The number of aryl methyl sites for hydroxylation is 1. The number of rotatable bonds is 11. The van der Waals surface area contributed by atoms with Crippen LogP contribution < -0.4 is 10.1 Å². The second-order valence-corrected chi connectivity index (χ2v) is 9.08. The van der Waals surface area contributed by atoms with E-state index in [0.717, 1.165) is 11.1 Å². The number of carbonyl (C=O) groups excluding carboxylic acids is 2. The van der Waals surface area contributed by atoms with Crippen molar-refractivity contribution in [2.24, 2.45) is 5.92 Å². The summed E-state index contributed by atoms with van der Waals surface area (Å²) in [6, 6.07) is 15.3. The predicted molar refractivity (Wildman–Crippen MR) is 130 cm³/mol. The lowest BCUT2D eigenvalue weighted by atomic mass is 10.0. The fourth-order valence-corrected chi connectivity index (χ4v) is 3.41. The number of hydrogen-bond donors (Lipinski definition) is 1. The van der Waals surface area contributed by atoms with Crippen LogP contribution in [0.4, 0.5) is 0 Å². The van der Waals surface area contributed by atoms with Crippen LogP contribution in [-0.4, -0.2) is 35.9 Å². The summed E-state index contributed by atoms with van der Waals surface area (Å²) >= 11 is 0. The fraction of sp³-hybridized carbons (Fsp3) is 0.481. The van der Waals surface area contributed by atoms with E-state index in [-0.39, 0.29) is 18.4 Å². The first-order chi connectivity index (χ1) is 15.2. The van der Waals surface area contributed by atoms with Crippen LogP contribution in [0, 0.1) is 12.8 Å². The number of nitrogens with zero attached hydrogens (tertiary/aromatic N) is 1. The molecule has 2 aromatic carbocycles. The molecular weight excluding hydrogens is 400 g/mol. The summed E-state index contributed by atoms with van der Waals surface area (Å²) in [6.07, 6.45) is 0.532. The number of nitrogens with one attached hydrogen (secondary N) is 1. The second-order valence-electron chi connectivity index (χ2n) is 9.08. The minimum absolute atomic E-state index is 0.110. The van der Waals surface area contributed by atoms with Gasteiger partial charge in [-0.25, -0.2) is 0 Å². The van der Waals surface area contributed by atoms with Gasteiger partial charge in [-0.1, -0.05) is 76.6 Å². The lowest BCUT2D eigenvalue weighted by Gasteiger charge is -2.31. The Balaban J connectivity index is 2.16. The van der Waals surface area contributed by atoms with Crippen molar-refractivity contribution in [3.05, 3.63) is 65.2 Å². The van der Waals surface area contributed by atoms with Crippen LogP contribution >= 0.6 is 0 Å². The molecule has 1 N–H and O–H groups in total. The molecule has 0 unspecified atom stereocenters. The molecule has 2 amide bonds. The molecule has 174 valence electrons. The molecule has 32 heavy (non-hydrogen) atoms. The smallest absolute Gasteiger partial charge is 0.261 e. The number of amides is 2. The van der Waals surface area contributed by atoms with E-state index in [0.29, 0.717) is 37.1 Å². The standard InChI is InChI=1S/C27H38N2O3/c1-7-25(27(31)28-16-19(2)3)29(17-22-10-8-21(6)9-11-22)26(30)18-32-24-14-12-23(13-15-24)20(4)5/h8-15,19-20,25H,7,16-18H2,1-6H3,(H,28,31)/t25-/m0/s1. The van der Waals surface area contributed by atoms with E-state index in [9.17, 15) is 9.59 Å². The van der Waals surface area contributed by atoms with Gasteiger partial charge >= 0.3 is 0 Å². The van der Waals surface area contributed by atoms with E-state index in [1.807, 2.05) is 62.4 Å². The Morgan fingerprint density at radius 3 is 2.12 bits per heavy atom. The zero-order chi connectivity index (χ0) is 23.7. The first-order valence-electron chi connectivity index (χ1n) is 11.6. The van der Waals surface area contributed by atoms with Gasteiger partial charge in [0.05, 0.1) is 0 Å². The van der Waals surface area contributed by atoms with Crippen molar-refractivity contribution in [1.82, 2.24) is 10.2 Å². The molecule has 0 spiro atoms. The van der Waals surface area contributed by atoms with Gasteiger partial charge in [0.2, 0.25) is 5.91 Å². The monoisotopic (exact) mass is 438 g/mol. The highest BCUT2D eigenvalue weighted by molar-refractivity contribution is 5.88. The highest BCUT2D eigenvalue weighted by atomic mass is 16.5. The lowest BCUT2D eigenvalue weighted by Crippen LogP contribution is -2.50. The molecule has 1 atom stereocenters. The Morgan fingerprint density at radius 1 is 0.969 bits per heavy atom. The van der Waals surface area contributed by atoms with Gasteiger partial charge in [0.15, 0.2) is 6.61 Å². The summed E-state index contributed by atoms with van der Waals surface area (Å²) in [5, 5.41) is 2.98. The van der Waals surface area contributed by atoms with Gasteiger partial charge in [-0.15, -0.1) is 0 Å². The largest absolute Gasteiger partial charge is 0.484 e. The summed E-state index contributed by atoms with van der Waals surface area (Å²) < 4.78 is 5.79. The average molecular weight is 439 g/mol. The quantitative estimate of drug-likeness (QED) is 0.532. The summed E-state index contributed by atoms with van der Waals surface area (Å²) in [4.78, 5) is 27.8. The topological polar surface area (TPSA) is 58.6 Å². The Morgan fingerprint density at radius 2 is 1.59 bits per heavy atom. The molecule has 0 saturated heterocycles. The third-order valence-electron chi connectivity index (χ3n) is 5.45. The number of hydrogen-bond acceptors (Lipinski definition) is 3. The van der Waals surface area contributed by atoms with Crippen molar-refractivity contribution in [3.8, 4) is 5.75 Å². The van der Waals surface area contributed by atoms with Crippen molar-refractivity contribution in [2.75, 3.05) is 13.2 Å². The van der Waals surface area contributed by atoms with Gasteiger partial charge < -0.3 is 15.0 Å². The molecule has 0 radical (unpaired) electrons. The van der Waals surface area contributed by atoms with E-state index in [4.69, 9.17) is 4.74 Å². The van der Waals surface area contributed by atoms with Crippen LogP contribution in [0.25, 0.3) is 0 Å². The molecule has 0 aromatic heterocycles. The predicted octanol–water partition coefficient (Wildman–Crippen LogP) is 5.08. The third kappa shape index (κ3) is 7.70. The molecule has 0 aliphatic rings. The van der Waals surface area contributed by atoms with Crippen LogP contribution in [0.5, 0.6) is 5.75 Å². The molecule has 0 aliphatic carbocycles. The molecule has 0 saturated carbocycles. The van der Waals surface area contributed by atoms with Gasteiger partial charge in [0.1, 0.15) is 11.8 Å². The second kappa shape index (κ2) is 12.3. The molecular formula is C27H38N2O3. The first kappa shape index (κ1) is 25.4. The normalized spacial score (nSPS) is 12.0. The van der Waals surface area contributed by atoms with E-state index >= 15 is 0 Å². The van der Waals surface area contributed by atoms with Gasteiger partial charge in [0.25, 0.3) is 5.91 Å². The molecule has 0 fully saturated rings. The maximum Gasteiger partial charge on any atom is 0.261 e. The zero-order valence-corrected chi connectivity index (χ0v) is 20.4. The maximum atomic E-state index is 13.2. The molecule has 5 nitrogen and oxygen atoms in total. The van der Waals surface area contributed by atoms with Crippen molar-refractivity contribution in [3.63, 3.8) is 0 Å². The van der Waals surface area contributed by atoms with E-state index in [2.05, 4.69) is 33.0 Å². The zero-order valence-electron chi connectivity index (χ0n) is 20.4. The summed E-state index contributed by atoms with van der Waals surface area (Å²) in [6.45, 7) is 13.2. The van der Waals surface area contributed by atoms with Crippen molar-refractivity contribution >= 4 is 11.8 Å². The van der Waals surface area contributed by atoms with Gasteiger partial charge in [-0.05, 0) is 48.4 Å². The van der Waals surface area contributed by atoms with Crippen LogP contribution in [0.3, 0.4) is 0 Å². The summed E-state index contributed by atoms with van der Waals surface area (Å²) in [7, 11) is 0. The van der Waals surface area contributed by atoms with E-state index in [1.54, 1.807) is 4.90 Å². The van der Waals surface area contributed by atoms with E-state index in [1.165, 1.54) is 5.56 Å². The van der Waals surface area contributed by atoms with Crippen molar-refractivity contribution in [1.29, 1.82) is 0 Å². The molecule has 5 heteroatoms. The molecule has 0 aliphatic heterocycles. The molecule has 0 heterocycles. The highest BCUT2D eigenvalue weighted by Crippen LogP contribution is 2.19. The maximum absolute atomic E-state index is 13.2. The Labute approximate surface area is 193 Å². The van der Waals surface area contributed by atoms with Gasteiger partial charge in [0, 0.05) is 13.1 Å². The Bertz CT molecular complexity index is 857. The number of carbonyl (C=O) groups is 2. The van der Waals surface area contributed by atoms with Crippen LogP contribution in [0.2, 0.25) is 0 Å². The van der Waals surface area contributed by atoms with Crippen LogP contribution in [0.1, 0.15) is 63.6 Å². The van der Waals surface area contributed by atoms with Gasteiger partial charge in [-0.3, -0.25) is 9.59 Å². The minimum Gasteiger partial charge on any atom is -0.484 e. The lowest BCUT2D eigenvalue weighted by molar-refractivity contribution is -0.143. The highest BCUT2D eigenvalue weighted by Gasteiger charge is 2.29. The third-order valence-corrected chi connectivity index (χ3v) is 5.45. The average Bonchev–Trinajstić information content (AvgIpc) is 2.77. The minimum atomic E-state index is -0.547. The Kier molecular flexibility index (Phi) is 9.76. The van der Waals surface area contributed by atoms with E-state index < -0.39 is 6.04 Å². The molecule has 2 aromatic rings. The SMILES string of the molecule is CC[C@@H](C(=O)NCC(C)C)N(Cc1ccc(C)cc1)C(=O)COc1ccc(C(C)C)cc1. The van der Waals surface area contributed by atoms with Crippen molar-refractivity contribution < 1.29 is 14.3 Å². The number of ether oxygens (including phenoxy) is 1. The van der Waals surface area contributed by atoms with Crippen molar-refractivity contribution in [2.45, 2.75) is 66.5 Å². The fourth-order valence-electron chi connectivity index (χ4n) is 3.41. The molecule has 0 bridgehead atoms. The van der Waals surface area contributed by atoms with Gasteiger partial charge in [-0.2, -0.15) is 0 Å². The van der Waals surface area contributed by atoms with Crippen LogP contribution in [-0.2, 0) is 16.1 Å². The summed E-state index contributed by atoms with van der Waals surface area (Å²) in [5.41, 5.74) is 3.36.